The van der Waals surface area contributed by atoms with E-state index in [1.54, 1.807) is 11.9 Å². The van der Waals surface area contributed by atoms with Crippen LogP contribution < -0.4 is 15.4 Å². The lowest BCUT2D eigenvalue weighted by Crippen LogP contribution is -2.39. The molecular weight excluding hydrogens is 411 g/mol. The summed E-state index contributed by atoms with van der Waals surface area (Å²) in [7, 11) is 1.63. The quantitative estimate of drug-likeness (QED) is 0.624. The Morgan fingerprint density at radius 1 is 1.00 bits per heavy atom. The van der Waals surface area contributed by atoms with Gasteiger partial charge in [-0.1, -0.05) is 31.2 Å². The molecule has 0 aliphatic heterocycles. The van der Waals surface area contributed by atoms with Crippen LogP contribution in [0.3, 0.4) is 0 Å². The van der Waals surface area contributed by atoms with Crippen molar-refractivity contribution in [3.05, 3.63) is 59.7 Å². The van der Waals surface area contributed by atoms with Crippen LogP contribution in [0.1, 0.15) is 31.0 Å². The molecule has 2 amide bonds. The van der Waals surface area contributed by atoms with E-state index in [0.29, 0.717) is 5.69 Å². The second kappa shape index (κ2) is 10.8. The zero-order valence-corrected chi connectivity index (χ0v) is 17.6. The number of hydrogen-bond acceptors (Lipinski definition) is 4. The predicted octanol–water partition coefficient (Wildman–Crippen LogP) is 3.90. The van der Waals surface area contributed by atoms with Crippen molar-refractivity contribution >= 4 is 17.5 Å². The van der Waals surface area contributed by atoms with Crippen LogP contribution in [-0.2, 0) is 16.0 Å². The van der Waals surface area contributed by atoms with E-state index in [1.165, 1.54) is 17.7 Å². The molecule has 2 aromatic carbocycles. The van der Waals surface area contributed by atoms with Gasteiger partial charge >= 0.3 is 6.36 Å². The van der Waals surface area contributed by atoms with Gasteiger partial charge < -0.3 is 15.4 Å². The molecule has 0 aliphatic rings. The highest BCUT2D eigenvalue weighted by molar-refractivity contribution is 5.92. The van der Waals surface area contributed by atoms with Gasteiger partial charge in [-0.2, -0.15) is 0 Å². The number of benzene rings is 2. The number of nitrogens with one attached hydrogen (secondary N) is 2. The number of ether oxygens (including phenoxy) is 1. The zero-order chi connectivity index (χ0) is 23.0. The number of anilines is 1. The molecule has 2 rings (SSSR count). The minimum Gasteiger partial charge on any atom is -0.406 e. The molecule has 0 spiro atoms. The molecule has 2 N–H and O–H groups in total. The van der Waals surface area contributed by atoms with Gasteiger partial charge in [-0.15, -0.1) is 13.2 Å². The molecule has 9 heteroatoms. The van der Waals surface area contributed by atoms with E-state index in [4.69, 9.17) is 0 Å². The van der Waals surface area contributed by atoms with Gasteiger partial charge in [0.2, 0.25) is 11.8 Å². The van der Waals surface area contributed by atoms with Crippen molar-refractivity contribution in [3.8, 4) is 5.75 Å². The number of carbonyl (C=O) groups is 2. The van der Waals surface area contributed by atoms with E-state index in [1.807, 2.05) is 31.2 Å². The normalized spacial score (nSPS) is 12.4. The van der Waals surface area contributed by atoms with Gasteiger partial charge in [0.1, 0.15) is 5.75 Å². The monoisotopic (exact) mass is 437 g/mol. The van der Waals surface area contributed by atoms with Crippen LogP contribution in [0.4, 0.5) is 18.9 Å². The molecule has 0 saturated heterocycles. The first kappa shape index (κ1) is 24.2. The number of carbonyl (C=O) groups excluding carboxylic acids is 2. The maximum absolute atomic E-state index is 12.3. The lowest BCUT2D eigenvalue weighted by atomic mass is 10.1. The molecule has 31 heavy (non-hydrogen) atoms. The molecule has 2 aromatic rings. The van der Waals surface area contributed by atoms with Crippen LogP contribution in [0.2, 0.25) is 0 Å². The van der Waals surface area contributed by atoms with Crippen molar-refractivity contribution in [1.82, 2.24) is 10.2 Å². The minimum atomic E-state index is -4.77. The maximum atomic E-state index is 12.3. The summed E-state index contributed by atoms with van der Waals surface area (Å²) in [5.41, 5.74) is 2.53. The molecule has 6 nitrogen and oxygen atoms in total. The van der Waals surface area contributed by atoms with Crippen molar-refractivity contribution in [2.45, 2.75) is 32.7 Å². The summed E-state index contributed by atoms with van der Waals surface area (Å²) < 4.78 is 40.3. The Bertz CT molecular complexity index is 868. The lowest BCUT2D eigenvalue weighted by Gasteiger charge is -2.19. The van der Waals surface area contributed by atoms with Crippen molar-refractivity contribution < 1.29 is 27.5 Å². The third kappa shape index (κ3) is 8.67. The SMILES string of the molecule is CCc1ccc(C(C)NC(=O)CN(C)CC(=O)Nc2ccc(OC(F)(F)F)cc2)cc1. The van der Waals surface area contributed by atoms with Gasteiger partial charge in [0.05, 0.1) is 19.1 Å². The molecule has 0 heterocycles. The van der Waals surface area contributed by atoms with Gasteiger partial charge in [0.15, 0.2) is 0 Å². The van der Waals surface area contributed by atoms with Crippen LogP contribution in [-0.4, -0.2) is 43.2 Å². The highest BCUT2D eigenvalue weighted by Crippen LogP contribution is 2.23. The van der Waals surface area contributed by atoms with E-state index in [2.05, 4.69) is 22.3 Å². The van der Waals surface area contributed by atoms with Gasteiger partial charge in [-0.05, 0) is 55.8 Å². The number of rotatable bonds is 9. The number of aryl methyl sites for hydroxylation is 1. The second-order valence-corrected chi connectivity index (χ2v) is 7.18. The summed E-state index contributed by atoms with van der Waals surface area (Å²) >= 11 is 0. The lowest BCUT2D eigenvalue weighted by molar-refractivity contribution is -0.274. The maximum Gasteiger partial charge on any atom is 0.573 e. The molecule has 0 aliphatic carbocycles. The fourth-order valence-electron chi connectivity index (χ4n) is 2.90. The molecule has 1 atom stereocenters. The summed E-state index contributed by atoms with van der Waals surface area (Å²) in [6, 6.07) is 12.7. The van der Waals surface area contributed by atoms with Gasteiger partial charge in [0.25, 0.3) is 0 Å². The average molecular weight is 437 g/mol. The van der Waals surface area contributed by atoms with E-state index in [-0.39, 0.29) is 30.8 Å². The number of likely N-dealkylation sites (N-methyl/N-ethyl adjacent to an activating group) is 1. The Morgan fingerprint density at radius 3 is 2.13 bits per heavy atom. The first-order valence-electron chi connectivity index (χ1n) is 9.78. The highest BCUT2D eigenvalue weighted by atomic mass is 19.4. The summed E-state index contributed by atoms with van der Waals surface area (Å²) in [4.78, 5) is 25.9. The first-order chi connectivity index (χ1) is 14.6. The zero-order valence-electron chi connectivity index (χ0n) is 17.6. The summed E-state index contributed by atoms with van der Waals surface area (Å²) in [5, 5.41) is 5.46. The number of halogens is 3. The number of nitrogens with zero attached hydrogens (tertiary/aromatic N) is 1. The molecule has 0 radical (unpaired) electrons. The molecule has 168 valence electrons. The number of alkyl halides is 3. The Hall–Kier alpha value is -3.07. The Morgan fingerprint density at radius 2 is 1.58 bits per heavy atom. The highest BCUT2D eigenvalue weighted by Gasteiger charge is 2.31. The van der Waals surface area contributed by atoms with Gasteiger partial charge in [-0.25, -0.2) is 0 Å². The van der Waals surface area contributed by atoms with Crippen LogP contribution >= 0.6 is 0 Å². The van der Waals surface area contributed by atoms with Gasteiger partial charge in [0, 0.05) is 5.69 Å². The fourth-order valence-corrected chi connectivity index (χ4v) is 2.90. The summed E-state index contributed by atoms with van der Waals surface area (Å²) in [6.07, 6.45) is -3.83. The number of amides is 2. The third-order valence-corrected chi connectivity index (χ3v) is 4.46. The minimum absolute atomic E-state index is 0.0170. The molecule has 0 aromatic heterocycles. The Labute approximate surface area is 179 Å². The van der Waals surface area contributed by atoms with Crippen molar-refractivity contribution in [2.24, 2.45) is 0 Å². The fraction of sp³-hybridized carbons (Fsp3) is 0.364. The van der Waals surface area contributed by atoms with Crippen LogP contribution in [0.25, 0.3) is 0 Å². The first-order valence-corrected chi connectivity index (χ1v) is 9.78. The van der Waals surface area contributed by atoms with E-state index in [9.17, 15) is 22.8 Å². The summed E-state index contributed by atoms with van der Waals surface area (Å²) in [5.74, 6) is -1.00. The number of hydrogen-bond donors (Lipinski definition) is 2. The summed E-state index contributed by atoms with van der Waals surface area (Å²) in [6.45, 7) is 3.91. The van der Waals surface area contributed by atoms with Crippen LogP contribution in [0, 0.1) is 0 Å². The average Bonchev–Trinajstić information content (AvgIpc) is 2.68. The van der Waals surface area contributed by atoms with Crippen molar-refractivity contribution in [1.29, 1.82) is 0 Å². The predicted molar refractivity (Wildman–Crippen MR) is 112 cm³/mol. The molecule has 1 unspecified atom stereocenters. The van der Waals surface area contributed by atoms with Crippen LogP contribution in [0.5, 0.6) is 5.75 Å². The van der Waals surface area contributed by atoms with E-state index >= 15 is 0 Å². The Kier molecular flexibility index (Phi) is 8.44. The standard InChI is InChI=1S/C22H26F3N3O3/c1-4-16-5-7-17(8-6-16)15(2)26-20(29)13-28(3)14-21(30)27-18-9-11-19(12-10-18)31-22(23,24)25/h5-12,15H,4,13-14H2,1-3H3,(H,26,29)(H,27,30). The van der Waals surface area contributed by atoms with Crippen molar-refractivity contribution in [2.75, 3.05) is 25.5 Å². The molecule has 0 bridgehead atoms. The van der Waals surface area contributed by atoms with Crippen LogP contribution in [0.15, 0.2) is 48.5 Å². The third-order valence-electron chi connectivity index (χ3n) is 4.46. The molecule has 0 fully saturated rings. The van der Waals surface area contributed by atoms with E-state index < -0.39 is 12.3 Å². The largest absolute Gasteiger partial charge is 0.573 e. The second-order valence-electron chi connectivity index (χ2n) is 7.18. The van der Waals surface area contributed by atoms with Crippen molar-refractivity contribution in [3.63, 3.8) is 0 Å². The molecule has 0 saturated carbocycles. The van der Waals surface area contributed by atoms with E-state index in [0.717, 1.165) is 24.1 Å². The van der Waals surface area contributed by atoms with Gasteiger partial charge in [-0.3, -0.25) is 14.5 Å². The topological polar surface area (TPSA) is 70.7 Å². The Balaban J connectivity index is 1.78. The molecular formula is C22H26F3N3O3. The smallest absolute Gasteiger partial charge is 0.406 e.